The first kappa shape index (κ1) is 75.2. The zero-order valence-corrected chi connectivity index (χ0v) is 60.7. The third-order valence-electron chi connectivity index (χ3n) is 24.3. The van der Waals surface area contributed by atoms with Crippen LogP contribution >= 0.6 is 47.0 Å². The maximum atomic E-state index is 12.7. The summed E-state index contributed by atoms with van der Waals surface area (Å²) in [6.45, 7) is 20.2. The van der Waals surface area contributed by atoms with Crippen molar-refractivity contribution in [3.05, 3.63) is 0 Å². The minimum atomic E-state index is -1.18. The molecule has 21 nitrogen and oxygen atoms in total. The lowest BCUT2D eigenvalue weighted by molar-refractivity contribution is -0.148. The summed E-state index contributed by atoms with van der Waals surface area (Å²) in [4.78, 5) is 97.3. The Hall–Kier alpha value is -3.04. The second-order valence-electron chi connectivity index (χ2n) is 30.5. The Morgan fingerprint density at radius 3 is 1.40 bits per heavy atom. The van der Waals surface area contributed by atoms with Crippen molar-refractivity contribution in [2.75, 3.05) is 44.3 Å². The zero-order chi connectivity index (χ0) is 68.9. The number of ether oxygens (including phenoxy) is 7. The van der Waals surface area contributed by atoms with Gasteiger partial charge in [0.1, 0.15) is 76.5 Å². The van der Waals surface area contributed by atoms with Crippen LogP contribution in [0.3, 0.4) is 0 Å². The van der Waals surface area contributed by atoms with Gasteiger partial charge < -0.3 is 64.6 Å². The number of carbonyl (C=O) groups excluding carboxylic acids is 8. The Labute approximate surface area is 572 Å². The number of rotatable bonds is 20. The molecule has 94 heavy (non-hydrogen) atoms. The lowest BCUT2D eigenvalue weighted by atomic mass is 9.58. The van der Waals surface area contributed by atoms with Crippen LogP contribution in [0.5, 0.6) is 0 Å². The smallest absolute Gasteiger partial charge is 0.329 e. The molecular weight excluding hydrogens is 1290 g/mol. The van der Waals surface area contributed by atoms with E-state index in [0.717, 1.165) is 82.1 Å². The molecule has 4 aliphatic heterocycles. The van der Waals surface area contributed by atoms with Crippen molar-refractivity contribution in [3.8, 4) is 0 Å². The summed E-state index contributed by atoms with van der Waals surface area (Å²) in [5.41, 5.74) is 1.56. The average Bonchev–Trinajstić information content (AvgIpc) is 1.55. The first-order valence-corrected chi connectivity index (χ1v) is 39.0. The monoisotopic (exact) mass is 1400 g/mol. The topological polar surface area (TPSA) is 320 Å². The minimum Gasteiger partial charge on any atom is -0.469 e. The van der Waals surface area contributed by atoms with Crippen molar-refractivity contribution < 1.29 is 91.9 Å². The summed E-state index contributed by atoms with van der Waals surface area (Å²) in [7, 11) is 4.06. The van der Waals surface area contributed by atoms with Gasteiger partial charge in [0.05, 0.1) is 39.2 Å². The van der Waals surface area contributed by atoms with Crippen LogP contribution in [0.2, 0.25) is 0 Å². The van der Waals surface area contributed by atoms with Crippen LogP contribution in [0.25, 0.3) is 0 Å². The number of carbonyl (C=O) groups is 8. The van der Waals surface area contributed by atoms with E-state index in [2.05, 4.69) is 39.9 Å². The van der Waals surface area contributed by atoms with Crippen LogP contribution in [0.1, 0.15) is 166 Å². The highest BCUT2D eigenvalue weighted by Gasteiger charge is 2.74. The molecule has 12 fully saturated rings. The van der Waals surface area contributed by atoms with Gasteiger partial charge in [0, 0.05) is 37.9 Å². The van der Waals surface area contributed by atoms with Crippen LogP contribution in [0.4, 0.5) is 0 Å². The van der Waals surface area contributed by atoms with Crippen molar-refractivity contribution in [2.45, 2.75) is 245 Å². The van der Waals surface area contributed by atoms with E-state index in [4.69, 9.17) is 38.9 Å². The molecular formula is C69H108N2O19S4. The van der Waals surface area contributed by atoms with Crippen LogP contribution in [0, 0.1) is 88.3 Å². The van der Waals surface area contributed by atoms with Crippen molar-refractivity contribution >= 4 is 94.7 Å². The first-order chi connectivity index (χ1) is 44.3. The molecule has 1 amide bonds. The third-order valence-corrected chi connectivity index (χ3v) is 31.0. The first-order valence-electron chi connectivity index (χ1n) is 34.8. The third kappa shape index (κ3) is 13.6. The van der Waals surface area contributed by atoms with Gasteiger partial charge in [-0.2, -0.15) is 47.0 Å². The minimum absolute atomic E-state index is 0.00366. The van der Waals surface area contributed by atoms with E-state index < -0.39 is 70.2 Å². The number of amides is 1. The molecule has 8 aliphatic carbocycles. The van der Waals surface area contributed by atoms with E-state index in [1.165, 1.54) is 45.9 Å². The van der Waals surface area contributed by atoms with Gasteiger partial charge in [-0.1, -0.05) is 75.7 Å². The second kappa shape index (κ2) is 30.0. The molecule has 0 aromatic carbocycles. The molecule has 12 rings (SSSR count). The molecule has 532 valence electrons. The maximum absolute atomic E-state index is 12.7. The number of hydrogen-bond donors (Lipinski definition) is 6. The Kier molecular flexibility index (Phi) is 24.0. The van der Waals surface area contributed by atoms with E-state index >= 15 is 0 Å². The normalized spacial score (nSPS) is 43.2. The molecule has 7 N–H and O–H groups in total. The highest BCUT2D eigenvalue weighted by molar-refractivity contribution is 8.00. The Morgan fingerprint density at radius 2 is 0.957 bits per heavy atom. The van der Waals surface area contributed by atoms with Crippen LogP contribution in [-0.2, 0) is 71.5 Å². The quantitative estimate of drug-likeness (QED) is 0.0403. The van der Waals surface area contributed by atoms with E-state index in [-0.39, 0.29) is 134 Å². The molecule has 28 atom stereocenters. The summed E-state index contributed by atoms with van der Waals surface area (Å²) in [6, 6.07) is -1.62. The lowest BCUT2D eigenvalue weighted by Crippen LogP contribution is -2.60. The van der Waals surface area contributed by atoms with Gasteiger partial charge in [-0.05, 0) is 149 Å². The summed E-state index contributed by atoms with van der Waals surface area (Å²) in [6.07, 6.45) is 12.2. The summed E-state index contributed by atoms with van der Waals surface area (Å²) in [5, 5.41) is 47.7. The largest absolute Gasteiger partial charge is 0.469 e. The van der Waals surface area contributed by atoms with Gasteiger partial charge in [0.2, 0.25) is 5.91 Å². The van der Waals surface area contributed by atoms with Crippen molar-refractivity contribution in [3.63, 3.8) is 0 Å². The van der Waals surface area contributed by atoms with E-state index in [9.17, 15) is 58.8 Å². The average molecular weight is 1400 g/mol. The van der Waals surface area contributed by atoms with Crippen LogP contribution in [-0.4, -0.2) is 192 Å². The molecule has 0 bridgehead atoms. The van der Waals surface area contributed by atoms with Gasteiger partial charge in [-0.15, -0.1) is 0 Å². The molecule has 0 spiro atoms. The van der Waals surface area contributed by atoms with Crippen molar-refractivity contribution in [2.24, 2.45) is 94.0 Å². The number of nitrogens with two attached hydrogens (primary N) is 1. The zero-order valence-electron chi connectivity index (χ0n) is 57.4. The number of hydrogen-bond acceptors (Lipinski definition) is 24. The molecule has 4 saturated heterocycles. The summed E-state index contributed by atoms with van der Waals surface area (Å²) in [5.74, 6) is 0.00634. The lowest BCUT2D eigenvalue weighted by Gasteiger charge is -2.51. The summed E-state index contributed by atoms with van der Waals surface area (Å²) >= 11 is 6.60. The fourth-order valence-electron chi connectivity index (χ4n) is 19.0. The fourth-order valence-corrected chi connectivity index (χ4v) is 25.6. The molecule has 12 aliphatic rings. The standard InChI is InChI=1S/C21H34N2O6S.C17H26O5S.C16H24O5S.C15H24O3S/c1-10(2)15(22)17(24)23-12(18(25)28-5)9-30-16-11(3)8-20(4)7-6-13-21(20,27)14(16)19(26)29-13;1-9(15(18)21-3)6-7-23-14-10(2)8-11-4-5-12-17(11,20)13(14)16(19)22-12;1-8-6-10-4-5-11-16(10,19)12(15(18)21-11)13(8)22-7-9(2)14(17)20-3;1-3-4-7-19-13-9(2)8-10-5-6-11-15(10,17)12(13)14(16)18-11/h10-16,27H,6-9,22H2,1-5H3,(H,23,24);9-14,20H,4-8H2,1-3H3;8-13,19H,4-7H2,1-3H3;9-13,17H,3-8H2,1-2H3/t11-,12-,13+,14?,15-,16+,20+,21+;9-,10-,11+,12+,13?,14+,17+;8-,9-,10+,11+,12?,13+,16+;9-,10+,11+,12?,13+,15+/m0000/s1. The highest BCUT2D eigenvalue weighted by atomic mass is 32.2. The molecule has 4 unspecified atom stereocenters. The van der Waals surface area contributed by atoms with E-state index in [1.807, 2.05) is 46.4 Å². The molecule has 0 aromatic heterocycles. The van der Waals surface area contributed by atoms with Gasteiger partial charge in [-0.25, -0.2) is 4.79 Å². The number of nitrogens with one attached hydrogen (secondary N) is 1. The predicted octanol–water partition coefficient (Wildman–Crippen LogP) is 7.08. The number of aliphatic hydroxyl groups is 4. The van der Waals surface area contributed by atoms with Crippen LogP contribution in [0.15, 0.2) is 0 Å². The van der Waals surface area contributed by atoms with Gasteiger partial charge in [0.15, 0.2) is 0 Å². The fraction of sp³-hybridized carbons (Fsp3) is 0.884. The Bertz CT molecular complexity index is 2780. The van der Waals surface area contributed by atoms with Crippen LogP contribution < -0.4 is 11.1 Å². The molecule has 4 heterocycles. The Balaban J connectivity index is 0.000000149. The Morgan fingerprint density at radius 1 is 0.553 bits per heavy atom. The number of thioether (sulfide) groups is 4. The van der Waals surface area contributed by atoms with E-state index in [0.29, 0.717) is 36.3 Å². The second-order valence-corrected chi connectivity index (χ2v) is 35.4. The van der Waals surface area contributed by atoms with Gasteiger partial charge in [0.25, 0.3) is 0 Å². The SMILES string of the molecule is CCCCS[C@H]1C2C(=O)O[C@@H]3CC[C@H](C[C@@H]1C)[C@]23O.COC(=O)[C@@H](C)CCS[C@H]1C2C(=O)O[C@@H]3CC[C@H](C[C@@H]1C)[C@]23O.COC(=O)[C@@H](C)CS[C@H]1C2C(=O)O[C@@H]3CC[C@H](C[C@@H]1C)[C@]23O.COC(=O)[C@H](CS[C@H]1C2C(=O)O[C@@H]3CC[C@](C)(C[C@@H]1C)[C@]23O)NC(=O)[C@@H](N)C(C)C. The van der Waals surface area contributed by atoms with Crippen molar-refractivity contribution in [1.29, 1.82) is 0 Å². The molecule has 0 aromatic rings. The molecule has 8 saturated carbocycles. The summed E-state index contributed by atoms with van der Waals surface area (Å²) < 4.78 is 36.4. The van der Waals surface area contributed by atoms with E-state index in [1.54, 1.807) is 23.5 Å². The molecule has 0 radical (unpaired) electrons. The number of methoxy groups -OCH3 is 3. The number of unbranched alkanes of at least 4 members (excludes halogenated alkanes) is 1. The predicted molar refractivity (Wildman–Crippen MR) is 358 cm³/mol. The van der Waals surface area contributed by atoms with Gasteiger partial charge in [-0.3, -0.25) is 33.6 Å². The van der Waals surface area contributed by atoms with Gasteiger partial charge >= 0.3 is 41.8 Å². The number of esters is 7. The highest BCUT2D eigenvalue weighted by Crippen LogP contribution is 2.65. The maximum Gasteiger partial charge on any atom is 0.329 e. The van der Waals surface area contributed by atoms with Crippen molar-refractivity contribution in [1.82, 2.24) is 5.32 Å². The molecule has 25 heteroatoms.